The number of halogens is 1. The summed E-state index contributed by atoms with van der Waals surface area (Å²) in [7, 11) is 0. The van der Waals surface area contributed by atoms with E-state index >= 15 is 0 Å². The summed E-state index contributed by atoms with van der Waals surface area (Å²) in [5.41, 5.74) is 7.33. The molecule has 0 bridgehead atoms. The fourth-order valence-corrected chi connectivity index (χ4v) is 2.23. The molecule has 0 unspecified atom stereocenters. The van der Waals surface area contributed by atoms with Gasteiger partial charge in [-0.3, -0.25) is 10.1 Å². The lowest BCUT2D eigenvalue weighted by molar-refractivity contribution is -0.384. The highest BCUT2D eigenvalue weighted by molar-refractivity contribution is 5.85. The molecule has 7 nitrogen and oxygen atoms in total. The Morgan fingerprint density at radius 1 is 1.53 bits per heavy atom. The molecule has 1 aliphatic rings. The predicted molar refractivity (Wildman–Crippen MR) is 74.8 cm³/mol. The minimum absolute atomic E-state index is 0. The first-order chi connectivity index (χ1) is 8.63. The molecule has 0 spiro atoms. The maximum atomic E-state index is 10.7. The van der Waals surface area contributed by atoms with Crippen molar-refractivity contribution < 1.29 is 4.92 Å². The quantitative estimate of drug-likeness (QED) is 0.641. The standard InChI is InChI=1S/C11H13N5O2.ClH/c12-7-3-4-15(6-7)11-13-9-2-1-8(16(17)18)5-10(9)14-11;/h1-2,5,7H,3-4,6,12H2,(H,13,14);1H/t7-;/m0./s1. The number of benzene rings is 1. The highest BCUT2D eigenvalue weighted by Crippen LogP contribution is 2.23. The third kappa shape index (κ3) is 2.47. The van der Waals surface area contributed by atoms with Gasteiger partial charge in [0, 0.05) is 31.3 Å². The third-order valence-electron chi connectivity index (χ3n) is 3.19. The van der Waals surface area contributed by atoms with Gasteiger partial charge in [0.1, 0.15) is 0 Å². The summed E-state index contributed by atoms with van der Waals surface area (Å²) in [5.74, 6) is 0.735. The molecule has 2 heterocycles. The Morgan fingerprint density at radius 3 is 2.95 bits per heavy atom. The van der Waals surface area contributed by atoms with E-state index in [-0.39, 0.29) is 24.1 Å². The van der Waals surface area contributed by atoms with Crippen LogP contribution in [0.3, 0.4) is 0 Å². The van der Waals surface area contributed by atoms with E-state index in [2.05, 4.69) is 14.9 Å². The largest absolute Gasteiger partial charge is 0.341 e. The van der Waals surface area contributed by atoms with Crippen molar-refractivity contribution in [2.45, 2.75) is 12.5 Å². The van der Waals surface area contributed by atoms with Crippen LogP contribution in [-0.4, -0.2) is 34.0 Å². The van der Waals surface area contributed by atoms with Gasteiger partial charge in [0.05, 0.1) is 16.0 Å². The first kappa shape index (κ1) is 13.6. The van der Waals surface area contributed by atoms with Crippen molar-refractivity contribution in [1.82, 2.24) is 9.97 Å². The van der Waals surface area contributed by atoms with E-state index in [0.717, 1.165) is 31.0 Å². The highest BCUT2D eigenvalue weighted by Gasteiger charge is 2.22. The van der Waals surface area contributed by atoms with Crippen LogP contribution < -0.4 is 10.6 Å². The number of imidazole rings is 1. The number of hydrogen-bond donors (Lipinski definition) is 2. The molecule has 1 aliphatic heterocycles. The van der Waals surface area contributed by atoms with Crippen molar-refractivity contribution in [2.24, 2.45) is 5.73 Å². The number of nitro groups is 1. The van der Waals surface area contributed by atoms with Crippen LogP contribution in [-0.2, 0) is 0 Å². The molecule has 1 atom stereocenters. The molecule has 0 amide bonds. The maximum Gasteiger partial charge on any atom is 0.271 e. The lowest BCUT2D eigenvalue weighted by Crippen LogP contribution is -2.26. The molecule has 0 radical (unpaired) electrons. The average molecular weight is 284 g/mol. The monoisotopic (exact) mass is 283 g/mol. The number of nitrogens with two attached hydrogens (primary N) is 1. The Morgan fingerprint density at radius 2 is 2.32 bits per heavy atom. The van der Waals surface area contributed by atoms with Crippen molar-refractivity contribution >= 4 is 35.1 Å². The lowest BCUT2D eigenvalue weighted by atomic mass is 10.3. The first-order valence-electron chi connectivity index (χ1n) is 5.78. The van der Waals surface area contributed by atoms with Crippen molar-refractivity contribution in [3.63, 3.8) is 0 Å². The van der Waals surface area contributed by atoms with Crippen LogP contribution in [0.2, 0.25) is 0 Å². The van der Waals surface area contributed by atoms with E-state index in [4.69, 9.17) is 5.73 Å². The van der Waals surface area contributed by atoms with Gasteiger partial charge in [0.15, 0.2) is 0 Å². The molecule has 2 aromatic rings. The Labute approximate surface area is 115 Å². The second kappa shape index (κ2) is 5.02. The molecule has 0 saturated carbocycles. The molecule has 3 rings (SSSR count). The first-order valence-corrected chi connectivity index (χ1v) is 5.78. The van der Waals surface area contributed by atoms with E-state index in [1.807, 2.05) is 0 Å². The third-order valence-corrected chi connectivity index (χ3v) is 3.19. The summed E-state index contributed by atoms with van der Waals surface area (Å²) in [6.45, 7) is 1.63. The van der Waals surface area contributed by atoms with Gasteiger partial charge in [-0.1, -0.05) is 0 Å². The normalized spacial score (nSPS) is 18.6. The number of nitrogens with one attached hydrogen (secondary N) is 1. The van der Waals surface area contributed by atoms with Gasteiger partial charge in [0.2, 0.25) is 5.95 Å². The minimum atomic E-state index is -0.411. The number of aromatic nitrogens is 2. The summed E-state index contributed by atoms with van der Waals surface area (Å²) < 4.78 is 0. The lowest BCUT2D eigenvalue weighted by Gasteiger charge is -2.13. The SMILES string of the molecule is Cl.N[C@H]1CCN(c2nc3ccc([N+](=O)[O-])cc3[nH]2)C1. The molecule has 1 saturated heterocycles. The van der Waals surface area contributed by atoms with E-state index in [1.54, 1.807) is 6.07 Å². The number of anilines is 1. The molecule has 1 aromatic carbocycles. The van der Waals surface area contributed by atoms with Gasteiger partial charge in [-0.2, -0.15) is 0 Å². The molecule has 1 fully saturated rings. The van der Waals surface area contributed by atoms with Gasteiger partial charge in [-0.25, -0.2) is 4.98 Å². The van der Waals surface area contributed by atoms with Crippen LogP contribution >= 0.6 is 12.4 Å². The zero-order valence-electron chi connectivity index (χ0n) is 10.1. The zero-order valence-corrected chi connectivity index (χ0v) is 10.9. The summed E-state index contributed by atoms with van der Waals surface area (Å²) in [4.78, 5) is 19.9. The molecule has 1 aromatic heterocycles. The van der Waals surface area contributed by atoms with E-state index in [0.29, 0.717) is 5.52 Å². The second-order valence-corrected chi connectivity index (χ2v) is 4.51. The van der Waals surface area contributed by atoms with E-state index in [9.17, 15) is 10.1 Å². The van der Waals surface area contributed by atoms with Crippen LogP contribution in [0.25, 0.3) is 11.0 Å². The molecule has 102 valence electrons. The summed E-state index contributed by atoms with van der Waals surface area (Å²) in [6.07, 6.45) is 0.942. The number of fused-ring (bicyclic) bond motifs is 1. The van der Waals surface area contributed by atoms with Crippen LogP contribution in [0.4, 0.5) is 11.6 Å². The van der Waals surface area contributed by atoms with Crippen LogP contribution in [0.1, 0.15) is 6.42 Å². The Bertz CT molecular complexity index is 614. The molecule has 0 aliphatic carbocycles. The topological polar surface area (TPSA) is 101 Å². The van der Waals surface area contributed by atoms with Crippen molar-refractivity contribution in [1.29, 1.82) is 0 Å². The maximum absolute atomic E-state index is 10.7. The van der Waals surface area contributed by atoms with Gasteiger partial charge in [-0.15, -0.1) is 12.4 Å². The van der Waals surface area contributed by atoms with E-state index in [1.165, 1.54) is 12.1 Å². The van der Waals surface area contributed by atoms with Gasteiger partial charge >= 0.3 is 0 Å². The summed E-state index contributed by atoms with van der Waals surface area (Å²) in [5, 5.41) is 10.7. The molecule has 3 N–H and O–H groups in total. The number of nitro benzene ring substituents is 1. The Hall–Kier alpha value is -1.86. The Balaban J connectivity index is 0.00000133. The molecular weight excluding hydrogens is 270 g/mol. The van der Waals surface area contributed by atoms with E-state index < -0.39 is 4.92 Å². The highest BCUT2D eigenvalue weighted by atomic mass is 35.5. The van der Waals surface area contributed by atoms with Gasteiger partial charge in [-0.05, 0) is 12.5 Å². The zero-order chi connectivity index (χ0) is 12.7. The van der Waals surface area contributed by atoms with Crippen molar-refractivity contribution in [2.75, 3.05) is 18.0 Å². The minimum Gasteiger partial charge on any atom is -0.341 e. The molecule has 8 heteroatoms. The van der Waals surface area contributed by atoms with Crippen LogP contribution in [0.5, 0.6) is 0 Å². The number of rotatable bonds is 2. The van der Waals surface area contributed by atoms with Gasteiger partial charge in [0.25, 0.3) is 5.69 Å². The number of H-pyrrole nitrogens is 1. The summed E-state index contributed by atoms with van der Waals surface area (Å²) >= 11 is 0. The Kier molecular flexibility index (Phi) is 3.59. The fraction of sp³-hybridized carbons (Fsp3) is 0.364. The predicted octanol–water partition coefficient (Wildman–Crippen LogP) is 1.43. The molecule has 19 heavy (non-hydrogen) atoms. The number of aromatic amines is 1. The number of non-ortho nitro benzene ring substituents is 1. The smallest absolute Gasteiger partial charge is 0.271 e. The van der Waals surface area contributed by atoms with Crippen molar-refractivity contribution in [3.8, 4) is 0 Å². The van der Waals surface area contributed by atoms with Crippen LogP contribution in [0, 0.1) is 10.1 Å². The number of hydrogen-bond acceptors (Lipinski definition) is 5. The van der Waals surface area contributed by atoms with Gasteiger partial charge < -0.3 is 15.6 Å². The fourth-order valence-electron chi connectivity index (χ4n) is 2.23. The molecular formula is C11H14ClN5O2. The average Bonchev–Trinajstić information content (AvgIpc) is 2.93. The van der Waals surface area contributed by atoms with Crippen LogP contribution in [0.15, 0.2) is 18.2 Å². The second-order valence-electron chi connectivity index (χ2n) is 4.51. The van der Waals surface area contributed by atoms with Crippen molar-refractivity contribution in [3.05, 3.63) is 28.3 Å². The summed E-state index contributed by atoms with van der Waals surface area (Å²) in [6, 6.07) is 4.79. The number of nitrogens with zero attached hydrogens (tertiary/aromatic N) is 3.